The average Bonchev–Trinajstić information content (AvgIpc) is 2.90. The molecule has 1 aromatic heterocycles. The van der Waals surface area contributed by atoms with Crippen molar-refractivity contribution in [2.24, 2.45) is 0 Å². The summed E-state index contributed by atoms with van der Waals surface area (Å²) < 4.78 is 11.2. The molecule has 1 aliphatic rings. The van der Waals surface area contributed by atoms with Gasteiger partial charge in [0.1, 0.15) is 5.60 Å². The zero-order chi connectivity index (χ0) is 13.0. The van der Waals surface area contributed by atoms with Crippen LogP contribution in [-0.4, -0.2) is 29.8 Å². The highest BCUT2D eigenvalue weighted by molar-refractivity contribution is 5.03. The molecule has 1 fully saturated rings. The second-order valence-electron chi connectivity index (χ2n) is 5.02. The van der Waals surface area contributed by atoms with Crippen LogP contribution in [0.1, 0.15) is 57.7 Å². The number of rotatable bonds is 5. The molecular weight excluding hydrogens is 230 g/mol. The Morgan fingerprint density at radius 3 is 2.94 bits per heavy atom. The first-order valence-electron chi connectivity index (χ1n) is 6.88. The lowest BCUT2D eigenvalue weighted by Gasteiger charge is -2.24. The Hall–Kier alpha value is -0.940. The number of aromatic nitrogens is 2. The maximum Gasteiger partial charge on any atom is 0.231 e. The van der Waals surface area contributed by atoms with Gasteiger partial charge in [-0.25, -0.2) is 0 Å². The zero-order valence-corrected chi connectivity index (χ0v) is 11.5. The molecule has 18 heavy (non-hydrogen) atoms. The summed E-state index contributed by atoms with van der Waals surface area (Å²) in [7, 11) is 0. The fourth-order valence-electron chi connectivity index (χ4n) is 2.32. The smallest absolute Gasteiger partial charge is 0.231 e. The van der Waals surface area contributed by atoms with Gasteiger partial charge in [0.2, 0.25) is 11.7 Å². The molecule has 2 rings (SSSR count). The van der Waals surface area contributed by atoms with Gasteiger partial charge in [0.05, 0.1) is 5.92 Å². The van der Waals surface area contributed by atoms with E-state index < -0.39 is 5.60 Å². The van der Waals surface area contributed by atoms with Gasteiger partial charge in [-0.1, -0.05) is 12.1 Å². The van der Waals surface area contributed by atoms with Gasteiger partial charge < -0.3 is 14.6 Å². The van der Waals surface area contributed by atoms with E-state index in [-0.39, 0.29) is 0 Å². The second kappa shape index (κ2) is 5.80. The van der Waals surface area contributed by atoms with Gasteiger partial charge in [-0.05, 0) is 39.7 Å². The number of hydrogen-bond acceptors (Lipinski definition) is 5. The van der Waals surface area contributed by atoms with Gasteiger partial charge in [0.25, 0.3) is 0 Å². The second-order valence-corrected chi connectivity index (χ2v) is 5.02. The van der Waals surface area contributed by atoms with Crippen LogP contribution in [0, 0.1) is 0 Å². The molecule has 1 saturated heterocycles. The monoisotopic (exact) mass is 253 g/mol. The van der Waals surface area contributed by atoms with Crippen LogP contribution in [0.2, 0.25) is 0 Å². The summed E-state index contributed by atoms with van der Waals surface area (Å²) in [6.07, 6.45) is 3.12. The number of ether oxygens (including phenoxy) is 1. The van der Waals surface area contributed by atoms with Crippen molar-refractivity contribution >= 4 is 0 Å². The molecule has 0 amide bonds. The Labute approximate surface area is 108 Å². The molecule has 0 spiro atoms. The van der Waals surface area contributed by atoms with Crippen molar-refractivity contribution in [2.75, 3.05) is 19.7 Å². The molecule has 0 saturated carbocycles. The summed E-state index contributed by atoms with van der Waals surface area (Å²) in [6.45, 7) is 8.75. The van der Waals surface area contributed by atoms with E-state index >= 15 is 0 Å². The first kappa shape index (κ1) is 13.5. The molecule has 1 N–H and O–H groups in total. The Morgan fingerprint density at radius 2 is 2.33 bits per heavy atom. The summed E-state index contributed by atoms with van der Waals surface area (Å²) in [5, 5.41) is 7.48. The predicted molar refractivity (Wildman–Crippen MR) is 68.4 cm³/mol. The molecule has 1 aliphatic heterocycles. The highest BCUT2D eigenvalue weighted by Crippen LogP contribution is 2.29. The van der Waals surface area contributed by atoms with Gasteiger partial charge in [-0.15, -0.1) is 0 Å². The predicted octanol–water partition coefficient (Wildman–Crippen LogP) is 2.20. The third-order valence-electron chi connectivity index (χ3n) is 3.70. The summed E-state index contributed by atoms with van der Waals surface area (Å²) in [5.41, 5.74) is -0.432. The first-order chi connectivity index (χ1) is 8.69. The Morgan fingerprint density at radius 1 is 1.50 bits per heavy atom. The molecule has 0 aliphatic carbocycles. The SMILES string of the molecule is CCOC(C)(CC)c1noc([C@H]2CCCNC2)n1. The van der Waals surface area contributed by atoms with Crippen LogP contribution >= 0.6 is 0 Å². The minimum Gasteiger partial charge on any atom is -0.367 e. The van der Waals surface area contributed by atoms with Crippen LogP contribution in [0.4, 0.5) is 0 Å². The summed E-state index contributed by atoms with van der Waals surface area (Å²) in [6, 6.07) is 0. The van der Waals surface area contributed by atoms with Crippen molar-refractivity contribution in [2.45, 2.75) is 51.6 Å². The van der Waals surface area contributed by atoms with Gasteiger partial charge in [0.15, 0.2) is 0 Å². The van der Waals surface area contributed by atoms with Crippen LogP contribution in [0.15, 0.2) is 4.52 Å². The van der Waals surface area contributed by atoms with E-state index in [1.807, 2.05) is 13.8 Å². The largest absolute Gasteiger partial charge is 0.367 e. The standard InChI is InChI=1S/C13H23N3O2/c1-4-13(3,17-5-2)12-15-11(18-16-12)10-7-6-8-14-9-10/h10,14H,4-9H2,1-3H3/t10-,13?/m0/s1. The van der Waals surface area contributed by atoms with E-state index in [4.69, 9.17) is 9.26 Å². The summed E-state index contributed by atoms with van der Waals surface area (Å²) >= 11 is 0. The molecule has 1 aromatic rings. The first-order valence-corrected chi connectivity index (χ1v) is 6.88. The van der Waals surface area contributed by atoms with Crippen LogP contribution in [0.5, 0.6) is 0 Å². The lowest BCUT2D eigenvalue weighted by Crippen LogP contribution is -2.29. The van der Waals surface area contributed by atoms with Gasteiger partial charge in [-0.2, -0.15) is 4.98 Å². The number of piperidine rings is 1. The van der Waals surface area contributed by atoms with Crippen molar-refractivity contribution in [3.63, 3.8) is 0 Å². The molecular formula is C13H23N3O2. The molecule has 5 heteroatoms. The average molecular weight is 253 g/mol. The molecule has 0 bridgehead atoms. The van der Waals surface area contributed by atoms with E-state index in [0.717, 1.165) is 31.8 Å². The minimum absolute atomic E-state index is 0.350. The zero-order valence-electron chi connectivity index (χ0n) is 11.5. The van der Waals surface area contributed by atoms with Gasteiger partial charge >= 0.3 is 0 Å². The van der Waals surface area contributed by atoms with Gasteiger partial charge in [-0.3, -0.25) is 0 Å². The number of nitrogens with zero attached hydrogens (tertiary/aromatic N) is 2. The fourth-order valence-corrected chi connectivity index (χ4v) is 2.32. The summed E-state index contributed by atoms with van der Waals surface area (Å²) in [5.74, 6) is 1.77. The van der Waals surface area contributed by atoms with Crippen molar-refractivity contribution in [3.8, 4) is 0 Å². The summed E-state index contributed by atoms with van der Waals surface area (Å²) in [4.78, 5) is 4.55. The number of hydrogen-bond donors (Lipinski definition) is 1. The normalized spacial score (nSPS) is 23.8. The van der Waals surface area contributed by atoms with Crippen molar-refractivity contribution in [1.29, 1.82) is 0 Å². The van der Waals surface area contributed by atoms with E-state index in [1.54, 1.807) is 0 Å². The quantitative estimate of drug-likeness (QED) is 0.871. The molecule has 0 radical (unpaired) electrons. The maximum absolute atomic E-state index is 5.76. The molecule has 2 heterocycles. The van der Waals surface area contributed by atoms with Gasteiger partial charge in [0, 0.05) is 13.2 Å². The highest BCUT2D eigenvalue weighted by Gasteiger charge is 2.32. The van der Waals surface area contributed by atoms with E-state index in [9.17, 15) is 0 Å². The van der Waals surface area contributed by atoms with Crippen molar-refractivity contribution < 1.29 is 9.26 Å². The molecule has 102 valence electrons. The molecule has 5 nitrogen and oxygen atoms in total. The van der Waals surface area contributed by atoms with Crippen LogP contribution in [0.25, 0.3) is 0 Å². The van der Waals surface area contributed by atoms with E-state index in [1.165, 1.54) is 6.42 Å². The molecule has 2 atom stereocenters. The van der Waals surface area contributed by atoms with E-state index in [0.29, 0.717) is 18.3 Å². The topological polar surface area (TPSA) is 60.2 Å². The molecule has 0 aromatic carbocycles. The Kier molecular flexibility index (Phi) is 4.35. The minimum atomic E-state index is -0.432. The molecule has 1 unspecified atom stereocenters. The van der Waals surface area contributed by atoms with Crippen LogP contribution in [0.3, 0.4) is 0 Å². The fraction of sp³-hybridized carbons (Fsp3) is 0.846. The van der Waals surface area contributed by atoms with E-state index in [2.05, 4.69) is 22.4 Å². The lowest BCUT2D eigenvalue weighted by molar-refractivity contribution is -0.0403. The maximum atomic E-state index is 5.76. The van der Waals surface area contributed by atoms with Crippen molar-refractivity contribution in [1.82, 2.24) is 15.5 Å². The Bertz CT molecular complexity index is 374. The highest BCUT2D eigenvalue weighted by atomic mass is 16.5. The number of nitrogens with one attached hydrogen (secondary N) is 1. The van der Waals surface area contributed by atoms with Crippen LogP contribution in [-0.2, 0) is 10.3 Å². The lowest BCUT2D eigenvalue weighted by atomic mass is 9.99. The van der Waals surface area contributed by atoms with Crippen LogP contribution < -0.4 is 5.32 Å². The third kappa shape index (κ3) is 2.72. The third-order valence-corrected chi connectivity index (χ3v) is 3.70. The Balaban J connectivity index is 2.13. The van der Waals surface area contributed by atoms with Crippen molar-refractivity contribution in [3.05, 3.63) is 11.7 Å².